The Morgan fingerprint density at radius 1 is 1.45 bits per heavy atom. The number of hydrogen-bond acceptors (Lipinski definition) is 4. The van der Waals surface area contributed by atoms with Gasteiger partial charge < -0.3 is 20.7 Å². The average Bonchev–Trinajstić information content (AvgIpc) is 2.52. The zero-order valence-corrected chi connectivity index (χ0v) is 14.3. The van der Waals surface area contributed by atoms with Crippen LogP contribution in [0.3, 0.4) is 0 Å². The van der Waals surface area contributed by atoms with Gasteiger partial charge in [-0.15, -0.1) is 0 Å². The first-order valence-corrected chi connectivity index (χ1v) is 8.05. The number of hydrogen-bond donors (Lipinski definition) is 2. The fourth-order valence-electron chi connectivity index (χ4n) is 4.15. The number of ether oxygens (including phenoxy) is 1. The number of amides is 2. The summed E-state index contributed by atoms with van der Waals surface area (Å²) >= 11 is 0. The summed E-state index contributed by atoms with van der Waals surface area (Å²) < 4.78 is 5.84. The molecule has 1 aliphatic carbocycles. The molecule has 1 saturated heterocycles. The molecule has 2 rings (SSSR count). The molecule has 1 saturated carbocycles. The van der Waals surface area contributed by atoms with Crippen LogP contribution in [0.25, 0.3) is 0 Å². The lowest BCUT2D eigenvalue weighted by atomic mass is 9.46. The van der Waals surface area contributed by atoms with Crippen LogP contribution in [0.5, 0.6) is 0 Å². The number of fused-ring (bicyclic) bond motifs is 1. The van der Waals surface area contributed by atoms with Crippen LogP contribution < -0.4 is 11.1 Å². The molecule has 6 nitrogen and oxygen atoms in total. The predicted octanol–water partition coefficient (Wildman–Crippen LogP) is 0.359. The van der Waals surface area contributed by atoms with Gasteiger partial charge in [0.1, 0.15) is 5.54 Å². The molecule has 2 fully saturated rings. The molecule has 0 aromatic rings. The first kappa shape index (κ1) is 17.2. The van der Waals surface area contributed by atoms with E-state index in [0.29, 0.717) is 6.54 Å². The Morgan fingerprint density at radius 2 is 2.09 bits per heavy atom. The zero-order chi connectivity index (χ0) is 16.7. The van der Waals surface area contributed by atoms with Gasteiger partial charge in [0.2, 0.25) is 11.8 Å². The highest BCUT2D eigenvalue weighted by Gasteiger charge is 2.70. The van der Waals surface area contributed by atoms with Gasteiger partial charge in [0.05, 0.1) is 12.0 Å². The third kappa shape index (κ3) is 2.33. The summed E-state index contributed by atoms with van der Waals surface area (Å²) in [6.45, 7) is 6.94. The van der Waals surface area contributed by atoms with Crippen LogP contribution in [-0.2, 0) is 14.3 Å². The maximum absolute atomic E-state index is 13.0. The van der Waals surface area contributed by atoms with Gasteiger partial charge in [-0.1, -0.05) is 20.8 Å². The Hall–Kier alpha value is -1.14. The second-order valence-electron chi connectivity index (χ2n) is 7.33. The van der Waals surface area contributed by atoms with Crippen LogP contribution >= 0.6 is 0 Å². The van der Waals surface area contributed by atoms with E-state index in [1.165, 1.54) is 0 Å². The number of rotatable bonds is 4. The van der Waals surface area contributed by atoms with E-state index in [4.69, 9.17) is 10.5 Å². The minimum absolute atomic E-state index is 0.0555. The molecule has 3 N–H and O–H groups in total. The van der Waals surface area contributed by atoms with E-state index in [1.807, 2.05) is 20.8 Å². The van der Waals surface area contributed by atoms with E-state index in [-0.39, 0.29) is 35.2 Å². The minimum atomic E-state index is -0.907. The molecule has 0 radical (unpaired) electrons. The van der Waals surface area contributed by atoms with Gasteiger partial charge in [0.25, 0.3) is 0 Å². The van der Waals surface area contributed by atoms with Gasteiger partial charge in [-0.3, -0.25) is 9.59 Å². The third-order valence-electron chi connectivity index (χ3n) is 5.63. The van der Waals surface area contributed by atoms with Crippen molar-refractivity contribution in [1.29, 1.82) is 0 Å². The van der Waals surface area contributed by atoms with Gasteiger partial charge >= 0.3 is 0 Å². The van der Waals surface area contributed by atoms with Gasteiger partial charge in [0.15, 0.2) is 0 Å². The maximum Gasteiger partial charge on any atom is 0.243 e. The van der Waals surface area contributed by atoms with Crippen LogP contribution in [0.15, 0.2) is 0 Å². The first-order valence-electron chi connectivity index (χ1n) is 8.05. The normalized spacial score (nSPS) is 34.1. The Labute approximate surface area is 132 Å². The highest BCUT2D eigenvalue weighted by atomic mass is 16.5. The van der Waals surface area contributed by atoms with E-state index in [9.17, 15) is 9.59 Å². The lowest BCUT2D eigenvalue weighted by molar-refractivity contribution is -0.229. The number of nitrogens with two attached hydrogens (primary N) is 1. The summed E-state index contributed by atoms with van der Waals surface area (Å²) in [5, 5.41) is 2.61. The lowest BCUT2D eigenvalue weighted by Gasteiger charge is -2.65. The predicted molar refractivity (Wildman–Crippen MR) is 84.0 cm³/mol. The zero-order valence-electron chi connectivity index (χ0n) is 14.3. The molecule has 6 heteroatoms. The summed E-state index contributed by atoms with van der Waals surface area (Å²) in [4.78, 5) is 26.2. The third-order valence-corrected chi connectivity index (χ3v) is 5.63. The summed E-state index contributed by atoms with van der Waals surface area (Å²) in [5.41, 5.74) is 5.30. The summed E-state index contributed by atoms with van der Waals surface area (Å²) in [6, 6.07) is 0. The standard InChI is InChI=1S/C16H29N3O3/c1-10(13(20)18-4)9-19(5)14(21)16(17)11-7-6-8-22-12(11)15(16,2)3/h10-12H,6-9,17H2,1-5H3,(H,18,20). The molecule has 4 unspecified atom stereocenters. The van der Waals surface area contributed by atoms with Gasteiger partial charge in [0, 0.05) is 38.6 Å². The van der Waals surface area contributed by atoms with E-state index in [2.05, 4.69) is 5.32 Å². The smallest absolute Gasteiger partial charge is 0.243 e. The largest absolute Gasteiger partial charge is 0.377 e. The highest BCUT2D eigenvalue weighted by Crippen LogP contribution is 2.57. The molecule has 22 heavy (non-hydrogen) atoms. The molecule has 2 aliphatic rings. The average molecular weight is 311 g/mol. The molecule has 4 atom stereocenters. The van der Waals surface area contributed by atoms with Crippen molar-refractivity contribution in [2.45, 2.75) is 45.3 Å². The van der Waals surface area contributed by atoms with Gasteiger partial charge in [-0.2, -0.15) is 0 Å². The van der Waals surface area contributed by atoms with Crippen molar-refractivity contribution in [2.24, 2.45) is 23.0 Å². The lowest BCUT2D eigenvalue weighted by Crippen LogP contribution is -2.82. The molecule has 126 valence electrons. The molecule has 1 heterocycles. The maximum atomic E-state index is 13.0. The summed E-state index contributed by atoms with van der Waals surface area (Å²) in [6.07, 6.45) is 1.93. The Kier molecular flexibility index (Phi) is 4.55. The van der Waals surface area contributed by atoms with Crippen molar-refractivity contribution >= 4 is 11.8 Å². The SMILES string of the molecule is CNC(=O)C(C)CN(C)C(=O)C1(N)C2CCCOC2C1(C)C. The van der Waals surface area contributed by atoms with Crippen LogP contribution in [0.1, 0.15) is 33.6 Å². The molecule has 1 aliphatic heterocycles. The fourth-order valence-corrected chi connectivity index (χ4v) is 4.15. The van der Waals surface area contributed by atoms with Crippen LogP contribution in [0.4, 0.5) is 0 Å². The van der Waals surface area contributed by atoms with Crippen molar-refractivity contribution in [3.05, 3.63) is 0 Å². The van der Waals surface area contributed by atoms with Crippen molar-refractivity contribution in [1.82, 2.24) is 10.2 Å². The topological polar surface area (TPSA) is 84.7 Å². The van der Waals surface area contributed by atoms with E-state index in [0.717, 1.165) is 19.4 Å². The fraction of sp³-hybridized carbons (Fsp3) is 0.875. The summed E-state index contributed by atoms with van der Waals surface area (Å²) in [5.74, 6) is -0.344. The van der Waals surface area contributed by atoms with Crippen molar-refractivity contribution in [3.63, 3.8) is 0 Å². The summed E-state index contributed by atoms with van der Waals surface area (Å²) in [7, 11) is 3.33. The van der Waals surface area contributed by atoms with Crippen molar-refractivity contribution in [2.75, 3.05) is 27.2 Å². The highest BCUT2D eigenvalue weighted by molar-refractivity contribution is 5.90. The number of likely N-dealkylation sites (N-methyl/N-ethyl adjacent to an activating group) is 1. The molecule has 0 aromatic heterocycles. The van der Waals surface area contributed by atoms with Crippen molar-refractivity contribution < 1.29 is 14.3 Å². The first-order chi connectivity index (χ1) is 10.2. The number of carbonyl (C=O) groups is 2. The molecule has 2 amide bonds. The van der Waals surface area contributed by atoms with Gasteiger partial charge in [-0.05, 0) is 12.8 Å². The molecular weight excluding hydrogens is 282 g/mol. The van der Waals surface area contributed by atoms with E-state index < -0.39 is 5.54 Å². The van der Waals surface area contributed by atoms with Crippen LogP contribution in [0, 0.1) is 17.3 Å². The second kappa shape index (κ2) is 5.81. The molecule has 0 bridgehead atoms. The quantitative estimate of drug-likeness (QED) is 0.785. The number of carbonyl (C=O) groups excluding carboxylic acids is 2. The minimum Gasteiger partial charge on any atom is -0.377 e. The Morgan fingerprint density at radius 3 is 2.68 bits per heavy atom. The van der Waals surface area contributed by atoms with Gasteiger partial charge in [-0.25, -0.2) is 0 Å². The Balaban J connectivity index is 2.12. The Bertz CT molecular complexity index is 466. The molecule has 0 spiro atoms. The monoisotopic (exact) mass is 311 g/mol. The van der Waals surface area contributed by atoms with E-state index in [1.54, 1.807) is 19.0 Å². The van der Waals surface area contributed by atoms with Crippen molar-refractivity contribution in [3.8, 4) is 0 Å². The van der Waals surface area contributed by atoms with Crippen LogP contribution in [-0.4, -0.2) is 55.6 Å². The molecular formula is C16H29N3O3. The molecule has 0 aromatic carbocycles. The van der Waals surface area contributed by atoms with E-state index >= 15 is 0 Å². The number of nitrogens with one attached hydrogen (secondary N) is 1. The van der Waals surface area contributed by atoms with Crippen LogP contribution in [0.2, 0.25) is 0 Å². The number of nitrogens with zero attached hydrogens (tertiary/aromatic N) is 1. The second-order valence-corrected chi connectivity index (χ2v) is 7.33.